The molecule has 1 atom stereocenters. The number of halogens is 2. The van der Waals surface area contributed by atoms with E-state index in [0.29, 0.717) is 17.3 Å². The van der Waals surface area contributed by atoms with Gasteiger partial charge in [0, 0.05) is 10.7 Å². The molecule has 1 aromatic carbocycles. The van der Waals surface area contributed by atoms with E-state index >= 15 is 0 Å². The molecule has 1 aliphatic carbocycles. The number of hydrogen-bond donors (Lipinski definition) is 1. The highest BCUT2D eigenvalue weighted by Crippen LogP contribution is 2.43. The fourth-order valence-corrected chi connectivity index (χ4v) is 3.05. The van der Waals surface area contributed by atoms with Crippen LogP contribution in [0, 0.1) is 30.0 Å². The summed E-state index contributed by atoms with van der Waals surface area (Å²) in [6.45, 7) is 1.89. The molecule has 0 bridgehead atoms. The number of rotatable bonds is 4. The first kappa shape index (κ1) is 15.0. The van der Waals surface area contributed by atoms with Crippen LogP contribution >= 0.6 is 15.9 Å². The first-order valence-electron chi connectivity index (χ1n) is 7.16. The third kappa shape index (κ3) is 3.28. The Morgan fingerprint density at radius 3 is 2.73 bits per heavy atom. The molecule has 5 heteroatoms. The lowest BCUT2D eigenvalue weighted by molar-refractivity contribution is 0.613. The maximum absolute atomic E-state index is 13.7. The number of hydrogen-bond acceptors (Lipinski definition) is 3. The fraction of sp³-hybridized carbons (Fsp3) is 0.294. The van der Waals surface area contributed by atoms with Gasteiger partial charge < -0.3 is 5.32 Å². The molecular formula is C17H15BrFN3. The smallest absolute Gasteiger partial charge is 0.126 e. The van der Waals surface area contributed by atoms with Gasteiger partial charge in [-0.1, -0.05) is 15.9 Å². The molecule has 1 fully saturated rings. The lowest BCUT2D eigenvalue weighted by atomic mass is 10.0. The highest BCUT2D eigenvalue weighted by atomic mass is 79.9. The maximum atomic E-state index is 13.7. The van der Waals surface area contributed by atoms with Crippen molar-refractivity contribution in [3.8, 4) is 6.07 Å². The second-order valence-corrected chi connectivity index (χ2v) is 6.57. The van der Waals surface area contributed by atoms with Gasteiger partial charge in [-0.05, 0) is 61.1 Å². The van der Waals surface area contributed by atoms with Crippen molar-refractivity contribution < 1.29 is 4.39 Å². The molecule has 3 rings (SSSR count). The van der Waals surface area contributed by atoms with E-state index < -0.39 is 0 Å². The first-order valence-corrected chi connectivity index (χ1v) is 7.95. The van der Waals surface area contributed by atoms with Crippen LogP contribution in [-0.4, -0.2) is 4.98 Å². The minimum Gasteiger partial charge on any atom is -0.363 e. The second-order valence-electron chi connectivity index (χ2n) is 5.66. The van der Waals surface area contributed by atoms with Crippen molar-refractivity contribution in [2.24, 2.45) is 5.92 Å². The number of nitrogens with one attached hydrogen (secondary N) is 1. The van der Waals surface area contributed by atoms with Crippen LogP contribution in [0.1, 0.15) is 35.6 Å². The summed E-state index contributed by atoms with van der Waals surface area (Å²) in [5.41, 5.74) is 2.37. The molecule has 0 spiro atoms. The largest absolute Gasteiger partial charge is 0.363 e. The predicted molar refractivity (Wildman–Crippen MR) is 86.9 cm³/mol. The van der Waals surface area contributed by atoms with Gasteiger partial charge in [0.1, 0.15) is 17.7 Å². The Labute approximate surface area is 137 Å². The number of pyridine rings is 1. The van der Waals surface area contributed by atoms with Crippen molar-refractivity contribution in [3.05, 3.63) is 57.4 Å². The van der Waals surface area contributed by atoms with Crippen molar-refractivity contribution in [1.29, 1.82) is 5.26 Å². The zero-order valence-electron chi connectivity index (χ0n) is 12.1. The Morgan fingerprint density at radius 1 is 1.36 bits per heavy atom. The molecule has 1 N–H and O–H groups in total. The summed E-state index contributed by atoms with van der Waals surface area (Å²) in [6.07, 6.45) is 3.82. The van der Waals surface area contributed by atoms with Crippen molar-refractivity contribution in [1.82, 2.24) is 4.98 Å². The van der Waals surface area contributed by atoms with Crippen molar-refractivity contribution in [2.45, 2.75) is 25.8 Å². The molecule has 2 aromatic rings. The van der Waals surface area contributed by atoms with Crippen molar-refractivity contribution in [3.63, 3.8) is 0 Å². The molecule has 1 saturated carbocycles. The Hall–Kier alpha value is -1.93. The van der Waals surface area contributed by atoms with Crippen LogP contribution in [0.15, 0.2) is 34.9 Å². The van der Waals surface area contributed by atoms with Crippen LogP contribution in [0.4, 0.5) is 10.2 Å². The van der Waals surface area contributed by atoms with E-state index in [4.69, 9.17) is 5.26 Å². The number of nitriles is 1. The van der Waals surface area contributed by atoms with Gasteiger partial charge in [-0.15, -0.1) is 0 Å². The van der Waals surface area contributed by atoms with Gasteiger partial charge in [0.15, 0.2) is 0 Å². The molecule has 0 saturated heterocycles. The maximum Gasteiger partial charge on any atom is 0.126 e. The quantitative estimate of drug-likeness (QED) is 0.858. The van der Waals surface area contributed by atoms with Gasteiger partial charge in [0.05, 0.1) is 11.6 Å². The molecular weight excluding hydrogens is 345 g/mol. The van der Waals surface area contributed by atoms with Crippen molar-refractivity contribution in [2.75, 3.05) is 5.32 Å². The number of benzene rings is 1. The summed E-state index contributed by atoms with van der Waals surface area (Å²) in [4.78, 5) is 4.29. The van der Waals surface area contributed by atoms with Gasteiger partial charge in [0.25, 0.3) is 0 Å². The highest BCUT2D eigenvalue weighted by Gasteiger charge is 2.33. The zero-order valence-corrected chi connectivity index (χ0v) is 13.7. The minimum atomic E-state index is -0.249. The summed E-state index contributed by atoms with van der Waals surface area (Å²) in [6, 6.07) is 8.97. The average molecular weight is 360 g/mol. The molecule has 1 heterocycles. The topological polar surface area (TPSA) is 48.7 Å². The summed E-state index contributed by atoms with van der Waals surface area (Å²) >= 11 is 3.35. The summed E-state index contributed by atoms with van der Waals surface area (Å²) in [7, 11) is 0. The van der Waals surface area contributed by atoms with Crippen LogP contribution < -0.4 is 5.32 Å². The Bertz CT molecular complexity index is 730. The molecule has 3 nitrogen and oxygen atoms in total. The van der Waals surface area contributed by atoms with E-state index in [1.807, 2.05) is 19.1 Å². The first-order chi connectivity index (χ1) is 10.6. The third-order valence-electron chi connectivity index (χ3n) is 3.87. The highest BCUT2D eigenvalue weighted by molar-refractivity contribution is 9.10. The fourth-order valence-electron chi connectivity index (χ4n) is 2.57. The lowest BCUT2D eigenvalue weighted by Crippen LogP contribution is -2.14. The van der Waals surface area contributed by atoms with E-state index in [0.717, 1.165) is 28.4 Å². The van der Waals surface area contributed by atoms with E-state index in [9.17, 15) is 4.39 Å². The van der Waals surface area contributed by atoms with Gasteiger partial charge >= 0.3 is 0 Å². The number of aromatic nitrogens is 1. The van der Waals surface area contributed by atoms with Crippen LogP contribution in [-0.2, 0) is 0 Å². The molecule has 112 valence electrons. The average Bonchev–Trinajstić information content (AvgIpc) is 3.28. The molecule has 0 radical (unpaired) electrons. The monoisotopic (exact) mass is 359 g/mol. The van der Waals surface area contributed by atoms with Crippen LogP contribution in [0.2, 0.25) is 0 Å². The molecule has 1 aromatic heterocycles. The van der Waals surface area contributed by atoms with Crippen LogP contribution in [0.5, 0.6) is 0 Å². The van der Waals surface area contributed by atoms with Gasteiger partial charge in [-0.2, -0.15) is 5.26 Å². The van der Waals surface area contributed by atoms with E-state index in [-0.39, 0.29) is 11.9 Å². The number of aryl methyl sites for hydroxylation is 1. The van der Waals surface area contributed by atoms with Gasteiger partial charge in [-0.3, -0.25) is 0 Å². The molecule has 1 unspecified atom stereocenters. The number of nitrogens with zero attached hydrogens (tertiary/aromatic N) is 2. The second kappa shape index (κ2) is 6.05. The van der Waals surface area contributed by atoms with E-state index in [1.54, 1.807) is 12.3 Å². The SMILES string of the molecule is Cc1cc(NC(c2cc(F)cc(Br)c2)C2CC2)ncc1C#N. The molecule has 22 heavy (non-hydrogen) atoms. The van der Waals surface area contributed by atoms with Crippen molar-refractivity contribution >= 4 is 21.7 Å². The Kier molecular flexibility index (Phi) is 4.12. The normalized spacial score (nSPS) is 15.2. The summed E-state index contributed by atoms with van der Waals surface area (Å²) in [5.74, 6) is 0.959. The molecule has 0 amide bonds. The van der Waals surface area contributed by atoms with Gasteiger partial charge in [0.2, 0.25) is 0 Å². The molecule has 1 aliphatic rings. The van der Waals surface area contributed by atoms with Crippen LogP contribution in [0.3, 0.4) is 0 Å². The lowest BCUT2D eigenvalue weighted by Gasteiger charge is -2.20. The Morgan fingerprint density at radius 2 is 2.14 bits per heavy atom. The predicted octanol–water partition coefficient (Wildman–Crippen LogP) is 4.73. The summed E-state index contributed by atoms with van der Waals surface area (Å²) < 4.78 is 14.4. The van der Waals surface area contributed by atoms with E-state index in [2.05, 4.69) is 32.3 Å². The summed E-state index contributed by atoms with van der Waals surface area (Å²) in [5, 5.41) is 12.4. The van der Waals surface area contributed by atoms with Crippen LogP contribution in [0.25, 0.3) is 0 Å². The Balaban J connectivity index is 1.89. The van der Waals surface area contributed by atoms with Gasteiger partial charge in [-0.25, -0.2) is 9.37 Å². The third-order valence-corrected chi connectivity index (χ3v) is 4.33. The number of anilines is 1. The van der Waals surface area contributed by atoms with E-state index in [1.165, 1.54) is 6.07 Å². The standard InChI is InChI=1S/C17H15BrFN3/c1-10-4-16(21-9-13(10)8-20)22-17(11-2-3-11)12-5-14(18)7-15(19)6-12/h4-7,9,11,17H,2-3H2,1H3,(H,21,22). The zero-order chi connectivity index (χ0) is 15.7. The minimum absolute atomic E-state index is 0.0341. The molecule has 0 aliphatic heterocycles.